The molecule has 0 N–H and O–H groups in total. The van der Waals surface area contributed by atoms with Crippen LogP contribution < -0.4 is 4.74 Å². The van der Waals surface area contributed by atoms with Gasteiger partial charge in [0.2, 0.25) is 0 Å². The van der Waals surface area contributed by atoms with Crippen LogP contribution in [0.25, 0.3) is 0 Å². The molecule has 0 saturated carbocycles. The van der Waals surface area contributed by atoms with Crippen LogP contribution in [0.1, 0.15) is 103 Å². The van der Waals surface area contributed by atoms with Gasteiger partial charge in [-0.1, -0.05) is 77.6 Å². The van der Waals surface area contributed by atoms with E-state index in [9.17, 15) is 9.59 Å². The average molecular weight is 451 g/mol. The largest absolute Gasteiger partial charge is 0.466 e. The number of hydrogen-bond donors (Lipinski definition) is 0. The summed E-state index contributed by atoms with van der Waals surface area (Å²) in [5.74, 6) is 0.00297. The van der Waals surface area contributed by atoms with Crippen molar-refractivity contribution in [2.45, 2.75) is 108 Å². The number of esters is 2. The Hall–Kier alpha value is -1.49. The minimum atomic E-state index is -0.314. The van der Waals surface area contributed by atoms with E-state index in [1.54, 1.807) is 23.9 Å². The van der Waals surface area contributed by atoms with Crippen LogP contribution in [0.5, 0.6) is 5.75 Å². The van der Waals surface area contributed by atoms with Crippen molar-refractivity contribution in [1.82, 2.24) is 0 Å². The summed E-state index contributed by atoms with van der Waals surface area (Å²) >= 11 is 1.64. The van der Waals surface area contributed by atoms with Gasteiger partial charge in [0.1, 0.15) is 5.75 Å². The Morgan fingerprint density at radius 3 is 1.77 bits per heavy atom. The molecule has 0 radical (unpaired) electrons. The molecule has 0 spiro atoms. The van der Waals surface area contributed by atoms with E-state index in [0.717, 1.165) is 17.7 Å². The number of ether oxygens (including phenoxy) is 2. The number of thioether (sulfide) groups is 1. The Morgan fingerprint density at radius 1 is 0.710 bits per heavy atom. The summed E-state index contributed by atoms with van der Waals surface area (Å²) in [6.45, 7) is 2.75. The molecule has 0 atom stereocenters. The van der Waals surface area contributed by atoms with Crippen molar-refractivity contribution in [2.24, 2.45) is 0 Å². The van der Waals surface area contributed by atoms with Crippen molar-refractivity contribution in [2.75, 3.05) is 12.9 Å². The number of carbonyl (C=O) groups excluding carboxylic acids is 2. The molecule has 31 heavy (non-hydrogen) atoms. The van der Waals surface area contributed by atoms with Gasteiger partial charge in [0, 0.05) is 17.7 Å². The Labute approximate surface area is 193 Å². The SMILES string of the molecule is CCCCCCCCCCCCCCOC(=O)CCCC(=O)Oc1ccc(SC)cc1. The second kappa shape index (κ2) is 19.2. The molecule has 0 aliphatic rings. The summed E-state index contributed by atoms with van der Waals surface area (Å²) in [5, 5.41) is 0. The topological polar surface area (TPSA) is 52.6 Å². The lowest BCUT2D eigenvalue weighted by molar-refractivity contribution is -0.144. The number of rotatable bonds is 19. The first-order valence-electron chi connectivity index (χ1n) is 12.2. The first-order chi connectivity index (χ1) is 15.2. The molecule has 176 valence electrons. The van der Waals surface area contributed by atoms with Crippen LogP contribution in [-0.4, -0.2) is 24.8 Å². The standard InChI is InChI=1S/C26H42O4S/c1-3-4-5-6-7-8-9-10-11-12-13-14-22-29-25(27)16-15-17-26(28)30-23-18-20-24(31-2)21-19-23/h18-21H,3-17,22H2,1-2H3. The van der Waals surface area contributed by atoms with Gasteiger partial charge in [0.15, 0.2) is 0 Å². The second-order valence-corrected chi connectivity index (χ2v) is 8.99. The van der Waals surface area contributed by atoms with Crippen molar-refractivity contribution in [3.63, 3.8) is 0 Å². The van der Waals surface area contributed by atoms with Gasteiger partial charge in [0.05, 0.1) is 6.61 Å². The van der Waals surface area contributed by atoms with Crippen LogP contribution in [0.4, 0.5) is 0 Å². The van der Waals surface area contributed by atoms with E-state index in [-0.39, 0.29) is 24.8 Å². The monoisotopic (exact) mass is 450 g/mol. The maximum absolute atomic E-state index is 11.9. The third-order valence-electron chi connectivity index (χ3n) is 5.31. The van der Waals surface area contributed by atoms with Gasteiger partial charge >= 0.3 is 11.9 Å². The van der Waals surface area contributed by atoms with Crippen molar-refractivity contribution in [3.8, 4) is 5.75 Å². The minimum absolute atomic E-state index is 0.220. The molecular formula is C26H42O4S. The Balaban J connectivity index is 1.89. The van der Waals surface area contributed by atoms with E-state index in [1.807, 2.05) is 18.4 Å². The molecule has 0 aliphatic carbocycles. The lowest BCUT2D eigenvalue weighted by Crippen LogP contribution is -2.10. The lowest BCUT2D eigenvalue weighted by atomic mass is 10.1. The van der Waals surface area contributed by atoms with Crippen molar-refractivity contribution in [1.29, 1.82) is 0 Å². The maximum atomic E-state index is 11.9. The first-order valence-corrected chi connectivity index (χ1v) is 13.4. The number of hydrogen-bond acceptors (Lipinski definition) is 5. The molecule has 0 heterocycles. The normalized spacial score (nSPS) is 10.8. The summed E-state index contributed by atoms with van der Waals surface area (Å²) < 4.78 is 10.5. The molecule has 0 bridgehead atoms. The molecule has 0 fully saturated rings. The van der Waals surface area contributed by atoms with E-state index in [1.165, 1.54) is 64.2 Å². The molecule has 0 unspecified atom stereocenters. The third-order valence-corrected chi connectivity index (χ3v) is 6.06. The van der Waals surface area contributed by atoms with Gasteiger partial charge in [0.25, 0.3) is 0 Å². The Morgan fingerprint density at radius 2 is 1.23 bits per heavy atom. The molecule has 1 aromatic carbocycles. The van der Waals surface area contributed by atoms with Crippen molar-refractivity contribution < 1.29 is 19.1 Å². The quantitative estimate of drug-likeness (QED) is 0.0934. The van der Waals surface area contributed by atoms with Gasteiger partial charge in [-0.2, -0.15) is 0 Å². The highest BCUT2D eigenvalue weighted by Crippen LogP contribution is 2.19. The molecule has 5 heteroatoms. The van der Waals surface area contributed by atoms with Crippen LogP contribution in [0.15, 0.2) is 29.2 Å². The number of benzene rings is 1. The zero-order valence-electron chi connectivity index (χ0n) is 19.7. The van der Waals surface area contributed by atoms with Crippen LogP contribution >= 0.6 is 11.8 Å². The van der Waals surface area contributed by atoms with Crippen LogP contribution in [0.3, 0.4) is 0 Å². The van der Waals surface area contributed by atoms with Crippen molar-refractivity contribution in [3.05, 3.63) is 24.3 Å². The Kier molecular flexibility index (Phi) is 17.1. The zero-order chi connectivity index (χ0) is 22.6. The van der Waals surface area contributed by atoms with E-state index in [4.69, 9.17) is 9.47 Å². The zero-order valence-corrected chi connectivity index (χ0v) is 20.5. The summed E-state index contributed by atoms with van der Waals surface area (Å²) in [6.07, 6.45) is 18.4. The van der Waals surface area contributed by atoms with Crippen LogP contribution in [0.2, 0.25) is 0 Å². The minimum Gasteiger partial charge on any atom is -0.466 e. The first kappa shape index (κ1) is 27.5. The van der Waals surface area contributed by atoms with E-state index < -0.39 is 0 Å². The van der Waals surface area contributed by atoms with E-state index in [2.05, 4.69) is 6.92 Å². The van der Waals surface area contributed by atoms with Gasteiger partial charge < -0.3 is 9.47 Å². The highest BCUT2D eigenvalue weighted by molar-refractivity contribution is 7.98. The highest BCUT2D eigenvalue weighted by atomic mass is 32.2. The molecule has 0 amide bonds. The molecule has 1 aromatic rings. The fraction of sp³-hybridized carbons (Fsp3) is 0.692. The third kappa shape index (κ3) is 15.9. The molecular weight excluding hydrogens is 408 g/mol. The van der Waals surface area contributed by atoms with Crippen LogP contribution in [0, 0.1) is 0 Å². The van der Waals surface area contributed by atoms with E-state index in [0.29, 0.717) is 18.8 Å². The molecule has 0 aliphatic heterocycles. The summed E-state index contributed by atoms with van der Waals surface area (Å²) in [6, 6.07) is 7.40. The molecule has 0 aromatic heterocycles. The molecule has 0 saturated heterocycles. The Bertz CT molecular complexity index is 586. The maximum Gasteiger partial charge on any atom is 0.311 e. The highest BCUT2D eigenvalue weighted by Gasteiger charge is 2.08. The van der Waals surface area contributed by atoms with Gasteiger partial charge in [-0.05, 0) is 43.4 Å². The number of carbonyl (C=O) groups is 2. The van der Waals surface area contributed by atoms with Gasteiger partial charge in [-0.15, -0.1) is 11.8 Å². The summed E-state index contributed by atoms with van der Waals surface area (Å²) in [7, 11) is 0. The smallest absolute Gasteiger partial charge is 0.311 e. The van der Waals surface area contributed by atoms with E-state index >= 15 is 0 Å². The lowest BCUT2D eigenvalue weighted by Gasteiger charge is -2.06. The predicted molar refractivity (Wildman–Crippen MR) is 130 cm³/mol. The van der Waals surface area contributed by atoms with Gasteiger partial charge in [-0.3, -0.25) is 9.59 Å². The van der Waals surface area contributed by atoms with Crippen LogP contribution in [-0.2, 0) is 14.3 Å². The fourth-order valence-corrected chi connectivity index (χ4v) is 3.81. The second-order valence-electron chi connectivity index (χ2n) is 8.11. The summed E-state index contributed by atoms with van der Waals surface area (Å²) in [4.78, 5) is 24.8. The predicted octanol–water partition coefficient (Wildman–Crippen LogP) is 7.73. The number of unbranched alkanes of at least 4 members (excludes halogenated alkanes) is 11. The van der Waals surface area contributed by atoms with Crippen molar-refractivity contribution >= 4 is 23.7 Å². The summed E-state index contributed by atoms with van der Waals surface area (Å²) in [5.41, 5.74) is 0. The van der Waals surface area contributed by atoms with Gasteiger partial charge in [-0.25, -0.2) is 0 Å². The average Bonchev–Trinajstić information content (AvgIpc) is 2.77. The molecule has 1 rings (SSSR count). The molecule has 4 nitrogen and oxygen atoms in total. The fourth-order valence-electron chi connectivity index (χ4n) is 3.40.